The molecule has 0 bridgehead atoms. The first-order valence-corrected chi connectivity index (χ1v) is 14.4. The number of nitrogens with one attached hydrogen (secondary N) is 3. The third kappa shape index (κ3) is 9.07. The summed E-state index contributed by atoms with van der Waals surface area (Å²) in [6, 6.07) is 18.7. The number of hydrogen-bond acceptors (Lipinski definition) is 9. The summed E-state index contributed by atoms with van der Waals surface area (Å²) in [6.07, 6.45) is 0.734. The molecule has 0 aliphatic heterocycles. The maximum absolute atomic E-state index is 13.0. The maximum atomic E-state index is 13.0. The van der Waals surface area contributed by atoms with Gasteiger partial charge in [-0.15, -0.1) is 0 Å². The van der Waals surface area contributed by atoms with Crippen molar-refractivity contribution in [2.75, 3.05) is 31.1 Å². The van der Waals surface area contributed by atoms with E-state index in [0.29, 0.717) is 38.8 Å². The van der Waals surface area contributed by atoms with Crippen molar-refractivity contribution in [3.8, 4) is 34.2 Å². The number of furan rings is 1. The summed E-state index contributed by atoms with van der Waals surface area (Å²) in [6.45, 7) is 5.24. The second kappa shape index (κ2) is 15.1. The number of nitriles is 1. The summed E-state index contributed by atoms with van der Waals surface area (Å²) in [5.74, 6) is -0.589. The molecule has 0 saturated heterocycles. The van der Waals surface area contributed by atoms with Gasteiger partial charge in [0.15, 0.2) is 18.4 Å². The number of pyridine rings is 1. The van der Waals surface area contributed by atoms with Crippen LogP contribution in [0, 0.1) is 11.3 Å². The number of halogens is 1. The van der Waals surface area contributed by atoms with Crippen LogP contribution in [0.1, 0.15) is 43.3 Å². The predicted molar refractivity (Wildman–Crippen MR) is 171 cm³/mol. The van der Waals surface area contributed by atoms with Gasteiger partial charge in [-0.3, -0.25) is 9.59 Å². The first kappa shape index (κ1) is 33.5. The number of carbonyl (C=O) groups excluding carboxylic acids is 3. The molecule has 0 spiro atoms. The number of ether oxygens (including phenoxy) is 3. The van der Waals surface area contributed by atoms with Gasteiger partial charge in [0, 0.05) is 41.9 Å². The Morgan fingerprint density at radius 3 is 2.52 bits per heavy atom. The third-order valence-corrected chi connectivity index (χ3v) is 6.37. The van der Waals surface area contributed by atoms with Crippen molar-refractivity contribution in [1.29, 1.82) is 5.26 Å². The van der Waals surface area contributed by atoms with E-state index in [-0.39, 0.29) is 42.8 Å². The molecule has 0 unspecified atom stereocenters. The van der Waals surface area contributed by atoms with Crippen molar-refractivity contribution in [3.63, 3.8) is 0 Å². The highest BCUT2D eigenvalue weighted by molar-refractivity contribution is 6.30. The fourth-order valence-electron chi connectivity index (χ4n) is 4.22. The van der Waals surface area contributed by atoms with Crippen molar-refractivity contribution in [1.82, 2.24) is 10.3 Å². The lowest BCUT2D eigenvalue weighted by Gasteiger charge is -2.19. The second-order valence-corrected chi connectivity index (χ2v) is 11.3. The van der Waals surface area contributed by atoms with Gasteiger partial charge in [-0.25, -0.2) is 9.78 Å². The summed E-state index contributed by atoms with van der Waals surface area (Å²) in [5.41, 5.74) is 1.69. The van der Waals surface area contributed by atoms with Gasteiger partial charge < -0.3 is 34.6 Å². The van der Waals surface area contributed by atoms with Crippen molar-refractivity contribution in [2.24, 2.45) is 0 Å². The lowest BCUT2D eigenvalue weighted by molar-refractivity contribution is -0.116. The number of amides is 3. The van der Waals surface area contributed by atoms with Gasteiger partial charge in [0.2, 0.25) is 5.91 Å². The molecule has 0 atom stereocenters. The van der Waals surface area contributed by atoms with Crippen LogP contribution in [0.15, 0.2) is 71.3 Å². The lowest BCUT2D eigenvalue weighted by Crippen LogP contribution is -2.34. The topological polar surface area (TPSA) is 165 Å². The molecule has 238 valence electrons. The number of hydrogen-bond donors (Lipinski definition) is 3. The Kier molecular flexibility index (Phi) is 11.0. The van der Waals surface area contributed by atoms with E-state index >= 15 is 0 Å². The van der Waals surface area contributed by atoms with E-state index in [0.717, 1.165) is 0 Å². The zero-order chi connectivity index (χ0) is 33.3. The molecule has 4 rings (SSSR count). The second-order valence-electron chi connectivity index (χ2n) is 10.8. The molecular formula is C33H32ClN5O7. The van der Waals surface area contributed by atoms with Gasteiger partial charge >= 0.3 is 6.09 Å². The van der Waals surface area contributed by atoms with Crippen LogP contribution in [0.25, 0.3) is 22.4 Å². The van der Waals surface area contributed by atoms with Crippen molar-refractivity contribution in [3.05, 3.63) is 83.3 Å². The van der Waals surface area contributed by atoms with Gasteiger partial charge in [-0.05, 0) is 74.9 Å². The Balaban J connectivity index is 1.69. The molecule has 3 N–H and O–H groups in total. The van der Waals surface area contributed by atoms with Crippen LogP contribution in [-0.2, 0) is 14.3 Å². The minimum Gasteiger partial charge on any atom is -0.467 e. The standard InChI is InChI=1S/C33H32ClN5O7/c1-33(2,3)46-32(42)36-13-12-29(40)37-22-8-5-7-20(15-22)24-17-26(23-11-10-21(34)16-28(23)45-19-43-4)38-30(25(24)18-35)39-31(41)27-9-6-14-44-27/h5-11,14-17H,12-13,19H2,1-4H3,(H,36,42)(H,37,40)(H,38,39,41). The molecule has 4 aromatic rings. The summed E-state index contributed by atoms with van der Waals surface area (Å²) < 4.78 is 21.2. The van der Waals surface area contributed by atoms with Crippen LogP contribution < -0.4 is 20.7 Å². The third-order valence-electron chi connectivity index (χ3n) is 6.14. The molecule has 2 heterocycles. The molecule has 2 aromatic heterocycles. The minimum absolute atomic E-state index is 0.00387. The number of alkyl carbamates (subject to hydrolysis) is 1. The van der Waals surface area contributed by atoms with Gasteiger partial charge in [-0.2, -0.15) is 5.26 Å². The van der Waals surface area contributed by atoms with Gasteiger partial charge in [0.1, 0.15) is 23.0 Å². The van der Waals surface area contributed by atoms with Crippen LogP contribution in [-0.4, -0.2) is 48.9 Å². The fraction of sp³-hybridized carbons (Fsp3) is 0.242. The Bertz CT molecular complexity index is 1760. The van der Waals surface area contributed by atoms with Gasteiger partial charge in [0.05, 0.1) is 12.0 Å². The number of anilines is 2. The molecule has 0 aliphatic rings. The molecule has 0 fully saturated rings. The quantitative estimate of drug-likeness (QED) is 0.152. The zero-order valence-electron chi connectivity index (χ0n) is 25.6. The molecule has 0 aliphatic carbocycles. The molecule has 12 nitrogen and oxygen atoms in total. The highest BCUT2D eigenvalue weighted by Gasteiger charge is 2.21. The Hall–Kier alpha value is -5.38. The summed E-state index contributed by atoms with van der Waals surface area (Å²) >= 11 is 6.23. The smallest absolute Gasteiger partial charge is 0.407 e. The number of rotatable bonds is 11. The molecule has 3 amide bonds. The lowest BCUT2D eigenvalue weighted by atomic mass is 9.97. The Morgan fingerprint density at radius 1 is 1.02 bits per heavy atom. The van der Waals surface area contributed by atoms with Gasteiger partial charge in [0.25, 0.3) is 5.91 Å². The van der Waals surface area contributed by atoms with Crippen LogP contribution >= 0.6 is 11.6 Å². The number of methoxy groups -OCH3 is 1. The number of carbonyl (C=O) groups is 3. The van der Waals surface area contributed by atoms with Crippen molar-refractivity contribution in [2.45, 2.75) is 32.8 Å². The first-order chi connectivity index (χ1) is 22.0. The molecule has 2 aromatic carbocycles. The van der Waals surface area contributed by atoms with E-state index in [2.05, 4.69) is 27.0 Å². The van der Waals surface area contributed by atoms with E-state index in [1.54, 1.807) is 75.4 Å². The first-order valence-electron chi connectivity index (χ1n) is 14.1. The molecule has 46 heavy (non-hydrogen) atoms. The minimum atomic E-state index is -0.657. The summed E-state index contributed by atoms with van der Waals surface area (Å²) in [5, 5.41) is 18.7. The van der Waals surface area contributed by atoms with Crippen LogP contribution in [0.5, 0.6) is 5.75 Å². The Morgan fingerprint density at radius 2 is 1.83 bits per heavy atom. The van der Waals surface area contributed by atoms with E-state index in [1.165, 1.54) is 19.4 Å². The maximum Gasteiger partial charge on any atom is 0.407 e. The SMILES string of the molecule is COCOc1cc(Cl)ccc1-c1cc(-c2cccc(NC(=O)CCNC(=O)OC(C)(C)C)c2)c(C#N)c(NC(=O)c2ccco2)n1. The highest BCUT2D eigenvalue weighted by Crippen LogP contribution is 2.38. The molecule has 0 radical (unpaired) electrons. The molecule has 13 heteroatoms. The van der Waals surface area contributed by atoms with E-state index in [1.807, 2.05) is 0 Å². The number of benzene rings is 2. The molecule has 0 saturated carbocycles. The average Bonchev–Trinajstić information content (AvgIpc) is 3.54. The zero-order valence-corrected chi connectivity index (χ0v) is 26.4. The van der Waals surface area contributed by atoms with E-state index in [9.17, 15) is 19.6 Å². The van der Waals surface area contributed by atoms with Crippen LogP contribution in [0.2, 0.25) is 5.02 Å². The largest absolute Gasteiger partial charge is 0.467 e. The predicted octanol–water partition coefficient (Wildman–Crippen LogP) is 6.62. The monoisotopic (exact) mass is 645 g/mol. The fourth-order valence-corrected chi connectivity index (χ4v) is 4.38. The van der Waals surface area contributed by atoms with E-state index < -0.39 is 17.6 Å². The molecular weight excluding hydrogens is 614 g/mol. The van der Waals surface area contributed by atoms with E-state index in [4.69, 9.17) is 30.2 Å². The van der Waals surface area contributed by atoms with Crippen molar-refractivity contribution >= 4 is 41.0 Å². The highest BCUT2D eigenvalue weighted by atomic mass is 35.5. The van der Waals surface area contributed by atoms with Crippen molar-refractivity contribution < 1.29 is 33.0 Å². The summed E-state index contributed by atoms with van der Waals surface area (Å²) in [4.78, 5) is 42.1. The van der Waals surface area contributed by atoms with Gasteiger partial charge in [-0.1, -0.05) is 23.7 Å². The number of nitrogens with zero attached hydrogens (tertiary/aromatic N) is 2. The van der Waals surface area contributed by atoms with Crippen LogP contribution in [0.4, 0.5) is 16.3 Å². The number of aromatic nitrogens is 1. The normalized spacial score (nSPS) is 10.9. The average molecular weight is 646 g/mol. The summed E-state index contributed by atoms with van der Waals surface area (Å²) in [7, 11) is 1.48. The van der Waals surface area contributed by atoms with Crippen LogP contribution in [0.3, 0.4) is 0 Å². The Labute approximate surface area is 270 Å².